The maximum Gasteiger partial charge on any atom is 0.233 e. The van der Waals surface area contributed by atoms with Gasteiger partial charge in [0.05, 0.1) is 17.5 Å². The second-order valence-electron chi connectivity index (χ2n) is 8.41. The van der Waals surface area contributed by atoms with E-state index in [-0.39, 0.29) is 47.9 Å². The van der Waals surface area contributed by atoms with Gasteiger partial charge in [-0.25, -0.2) is 0 Å². The third-order valence-electron chi connectivity index (χ3n) is 5.41. The molecule has 0 bridgehead atoms. The Morgan fingerprint density at radius 2 is 1.77 bits per heavy atom. The van der Waals surface area contributed by atoms with Crippen LogP contribution in [0.25, 0.3) is 0 Å². The van der Waals surface area contributed by atoms with Crippen LogP contribution in [0.5, 0.6) is 0 Å². The van der Waals surface area contributed by atoms with Crippen molar-refractivity contribution in [1.29, 1.82) is 0 Å². The van der Waals surface area contributed by atoms with Crippen molar-refractivity contribution in [2.45, 2.75) is 58.3 Å². The predicted octanol–water partition coefficient (Wildman–Crippen LogP) is 2.22. The molecule has 7 heteroatoms. The Kier molecular flexibility index (Phi) is 4.90. The highest BCUT2D eigenvalue weighted by atomic mass is 16.2. The first kappa shape index (κ1) is 18.6. The van der Waals surface area contributed by atoms with Crippen LogP contribution in [0.3, 0.4) is 0 Å². The molecule has 1 aromatic heterocycles. The van der Waals surface area contributed by atoms with Gasteiger partial charge in [-0.05, 0) is 12.8 Å². The lowest BCUT2D eigenvalue weighted by Gasteiger charge is -2.19. The van der Waals surface area contributed by atoms with E-state index in [1.807, 2.05) is 6.07 Å². The van der Waals surface area contributed by atoms with Crippen molar-refractivity contribution >= 4 is 23.5 Å². The molecule has 0 spiro atoms. The zero-order chi connectivity index (χ0) is 19.1. The molecule has 3 rings (SSSR count). The molecule has 2 aliphatic rings. The number of nitrogens with one attached hydrogen (secondary N) is 1. The molecule has 26 heavy (non-hydrogen) atoms. The lowest BCUT2D eigenvalue weighted by Crippen LogP contribution is -2.34. The third-order valence-corrected chi connectivity index (χ3v) is 5.41. The molecular formula is C19H28N4O3. The number of likely N-dealkylation sites (tertiary alicyclic amines) is 1. The van der Waals surface area contributed by atoms with Gasteiger partial charge in [0.15, 0.2) is 0 Å². The molecule has 142 valence electrons. The predicted molar refractivity (Wildman–Crippen MR) is 97.3 cm³/mol. The average molecular weight is 360 g/mol. The molecule has 1 aromatic rings. The summed E-state index contributed by atoms with van der Waals surface area (Å²) in [7, 11) is 1.78. The summed E-state index contributed by atoms with van der Waals surface area (Å²) in [6.07, 6.45) is 3.70. The molecule has 2 fully saturated rings. The van der Waals surface area contributed by atoms with Gasteiger partial charge in [0.2, 0.25) is 17.7 Å². The normalized spacial score (nSPS) is 23.3. The number of hydrogen-bond donors (Lipinski definition) is 1. The summed E-state index contributed by atoms with van der Waals surface area (Å²) in [5.41, 5.74) is 0.787. The summed E-state index contributed by atoms with van der Waals surface area (Å²) in [5.74, 6) is -0.112. The van der Waals surface area contributed by atoms with Crippen LogP contribution in [0.4, 0.5) is 5.82 Å². The lowest BCUT2D eigenvalue weighted by atomic mass is 9.81. The highest BCUT2D eigenvalue weighted by Crippen LogP contribution is 2.38. The van der Waals surface area contributed by atoms with Gasteiger partial charge in [0.1, 0.15) is 5.82 Å². The number of amides is 3. The van der Waals surface area contributed by atoms with E-state index < -0.39 is 0 Å². The number of anilines is 1. The van der Waals surface area contributed by atoms with E-state index in [0.29, 0.717) is 5.82 Å². The molecule has 1 saturated heterocycles. The molecule has 2 atom stereocenters. The van der Waals surface area contributed by atoms with Gasteiger partial charge in [0.25, 0.3) is 0 Å². The fourth-order valence-corrected chi connectivity index (χ4v) is 3.82. The van der Waals surface area contributed by atoms with Crippen LogP contribution in [0.2, 0.25) is 0 Å². The van der Waals surface area contributed by atoms with Crippen LogP contribution in [0, 0.1) is 11.8 Å². The Hall–Kier alpha value is -2.18. The number of carbonyl (C=O) groups is 3. The quantitative estimate of drug-likeness (QED) is 0.835. The minimum Gasteiger partial charge on any atom is -0.311 e. The first-order chi connectivity index (χ1) is 12.2. The number of fused-ring (bicyclic) bond motifs is 1. The standard InChI is InChI=1S/C19H28N4O3/c1-19(2,3)14-11-15(22(4)21-14)20-16(24)9-10-23-17(25)12-7-5-6-8-13(12)18(23)26/h11-13H,5-10H2,1-4H3,(H,20,24). The smallest absolute Gasteiger partial charge is 0.233 e. The van der Waals surface area contributed by atoms with E-state index in [0.717, 1.165) is 31.4 Å². The van der Waals surface area contributed by atoms with Gasteiger partial charge in [-0.15, -0.1) is 0 Å². The first-order valence-corrected chi connectivity index (χ1v) is 9.38. The second-order valence-corrected chi connectivity index (χ2v) is 8.41. The van der Waals surface area contributed by atoms with Crippen LogP contribution < -0.4 is 5.32 Å². The van der Waals surface area contributed by atoms with Crippen molar-refractivity contribution in [3.8, 4) is 0 Å². The van der Waals surface area contributed by atoms with Gasteiger partial charge in [-0.1, -0.05) is 33.6 Å². The Morgan fingerprint density at radius 1 is 1.19 bits per heavy atom. The van der Waals surface area contributed by atoms with E-state index >= 15 is 0 Å². The van der Waals surface area contributed by atoms with E-state index in [4.69, 9.17) is 0 Å². The number of aromatic nitrogens is 2. The Balaban J connectivity index is 1.59. The van der Waals surface area contributed by atoms with Crippen molar-refractivity contribution in [3.63, 3.8) is 0 Å². The number of imide groups is 1. The number of carbonyl (C=O) groups excluding carboxylic acids is 3. The number of hydrogen-bond acceptors (Lipinski definition) is 4. The molecule has 1 saturated carbocycles. The van der Waals surface area contributed by atoms with E-state index in [1.165, 1.54) is 4.90 Å². The summed E-state index contributed by atoms with van der Waals surface area (Å²) in [4.78, 5) is 38.5. The van der Waals surface area contributed by atoms with Crippen molar-refractivity contribution in [2.75, 3.05) is 11.9 Å². The van der Waals surface area contributed by atoms with Crippen molar-refractivity contribution in [2.24, 2.45) is 18.9 Å². The molecular weight excluding hydrogens is 332 g/mol. The number of nitrogens with zero attached hydrogens (tertiary/aromatic N) is 3. The molecule has 0 radical (unpaired) electrons. The molecule has 0 aromatic carbocycles. The van der Waals surface area contributed by atoms with Crippen LogP contribution in [-0.4, -0.2) is 38.9 Å². The van der Waals surface area contributed by atoms with Crippen molar-refractivity contribution in [1.82, 2.24) is 14.7 Å². The zero-order valence-electron chi connectivity index (χ0n) is 16.0. The number of aryl methyl sites for hydroxylation is 1. The minimum atomic E-state index is -0.219. The Labute approximate surface area is 154 Å². The summed E-state index contributed by atoms with van der Waals surface area (Å²) >= 11 is 0. The summed E-state index contributed by atoms with van der Waals surface area (Å²) < 4.78 is 1.64. The van der Waals surface area contributed by atoms with Crippen LogP contribution >= 0.6 is 0 Å². The van der Waals surface area contributed by atoms with Crippen LogP contribution in [0.15, 0.2) is 6.07 Å². The van der Waals surface area contributed by atoms with Gasteiger partial charge in [-0.3, -0.25) is 24.0 Å². The number of rotatable bonds is 4. The lowest BCUT2D eigenvalue weighted by molar-refractivity contribution is -0.140. The largest absolute Gasteiger partial charge is 0.311 e. The summed E-state index contributed by atoms with van der Waals surface area (Å²) in [6, 6.07) is 1.86. The Morgan fingerprint density at radius 3 is 2.27 bits per heavy atom. The van der Waals surface area contributed by atoms with E-state index in [2.05, 4.69) is 31.2 Å². The highest BCUT2D eigenvalue weighted by Gasteiger charge is 2.47. The molecule has 1 N–H and O–H groups in total. The highest BCUT2D eigenvalue weighted by molar-refractivity contribution is 6.05. The summed E-state index contributed by atoms with van der Waals surface area (Å²) in [6.45, 7) is 6.33. The molecule has 1 aliphatic heterocycles. The Bertz CT molecular complexity index is 708. The van der Waals surface area contributed by atoms with E-state index in [1.54, 1.807) is 11.7 Å². The van der Waals surface area contributed by atoms with Gasteiger partial charge in [-0.2, -0.15) is 5.10 Å². The van der Waals surface area contributed by atoms with Gasteiger partial charge < -0.3 is 5.32 Å². The monoisotopic (exact) mass is 360 g/mol. The van der Waals surface area contributed by atoms with Crippen LogP contribution in [-0.2, 0) is 26.8 Å². The van der Waals surface area contributed by atoms with Crippen molar-refractivity contribution < 1.29 is 14.4 Å². The molecule has 2 unspecified atom stereocenters. The summed E-state index contributed by atoms with van der Waals surface area (Å²) in [5, 5.41) is 7.26. The van der Waals surface area contributed by atoms with Gasteiger partial charge in [0, 0.05) is 31.5 Å². The maximum atomic E-state index is 12.4. The van der Waals surface area contributed by atoms with Gasteiger partial charge >= 0.3 is 0 Å². The maximum absolute atomic E-state index is 12.4. The SMILES string of the molecule is Cn1nc(C(C)(C)C)cc1NC(=O)CCN1C(=O)C2CCCCC2C1=O. The molecule has 3 amide bonds. The van der Waals surface area contributed by atoms with Crippen LogP contribution in [0.1, 0.15) is 58.6 Å². The second kappa shape index (κ2) is 6.85. The molecule has 2 heterocycles. The third kappa shape index (κ3) is 3.52. The molecule has 1 aliphatic carbocycles. The fraction of sp³-hybridized carbons (Fsp3) is 0.684. The van der Waals surface area contributed by atoms with Crippen molar-refractivity contribution in [3.05, 3.63) is 11.8 Å². The zero-order valence-corrected chi connectivity index (χ0v) is 16.0. The first-order valence-electron chi connectivity index (χ1n) is 9.38. The fourth-order valence-electron chi connectivity index (χ4n) is 3.82. The average Bonchev–Trinajstić information content (AvgIpc) is 3.05. The minimum absolute atomic E-state index is 0.0944. The topological polar surface area (TPSA) is 84.3 Å². The molecule has 7 nitrogen and oxygen atoms in total. The van der Waals surface area contributed by atoms with E-state index in [9.17, 15) is 14.4 Å².